The number of carbonyl (C=O) groups excluding carboxylic acids is 4. The van der Waals surface area contributed by atoms with E-state index in [1.807, 2.05) is 62.0 Å². The molecule has 4 saturated heterocycles. The zero-order valence-corrected chi connectivity index (χ0v) is 49.1. The number of hydrogen-bond acceptors (Lipinski definition) is 12. The fraction of sp³-hybridized carbons (Fsp3) is 0.667. The van der Waals surface area contributed by atoms with Gasteiger partial charge in [-0.3, -0.25) is 19.2 Å². The Balaban J connectivity index is 0.00000446. The number of benzene rings is 2. The minimum atomic E-state index is -0.634. The van der Waals surface area contributed by atoms with Gasteiger partial charge in [0, 0.05) is 26.1 Å². The van der Waals surface area contributed by atoms with Gasteiger partial charge < -0.3 is 51.2 Å². The standard InChI is InChI=1S/C54H78N8O6S4.2ClH/c1-31(55-7)49(69)57-37-21-25-71-41-29-53(3,4)45(61(41)51(37)65)47(63)59-43-35-19-13-11-17-33(35)27-39(43)67-23-15-9-10-16-24-68-40-28-34-18-12-14-20-36(34)44(40)60-48(64)46-54(5,6)30-42-62(46)52(66)38(22-26-72-42)58-50(70)32(2)56-8;;/h11-14,17-20,31-32,37-46,55-56H,9-10,15-16,21-30H2,1-8H3,(H,57,69)(H,58,70)(H,59,63)(H,60,64);2*1H/t31-,32-,37-,38-,39+,40+,41-,42-,43-,44-,45+,46+;;/m0../s1. The second-order valence-corrected chi connectivity index (χ2v) is 25.5. The van der Waals surface area contributed by atoms with Crippen LogP contribution in [-0.2, 0) is 41.5 Å². The van der Waals surface area contributed by atoms with Crippen molar-refractivity contribution < 1.29 is 28.7 Å². The lowest BCUT2D eigenvalue weighted by atomic mass is 9.83. The molecule has 2 aromatic rings. The van der Waals surface area contributed by atoms with E-state index in [0.29, 0.717) is 48.9 Å². The summed E-state index contributed by atoms with van der Waals surface area (Å²) in [7, 11) is 3.69. The van der Waals surface area contributed by atoms with Gasteiger partial charge in [0.05, 0.1) is 57.1 Å². The number of nitrogens with zero attached hydrogens (tertiary/aromatic N) is 2. The van der Waals surface area contributed by atoms with Crippen LogP contribution in [0.25, 0.3) is 0 Å². The van der Waals surface area contributed by atoms with Crippen molar-refractivity contribution >= 4 is 106 Å². The molecule has 74 heavy (non-hydrogen) atoms. The van der Waals surface area contributed by atoms with Crippen LogP contribution in [0.3, 0.4) is 0 Å². The molecule has 2 aliphatic carbocycles. The van der Waals surface area contributed by atoms with E-state index >= 15 is 0 Å². The highest BCUT2D eigenvalue weighted by Gasteiger charge is 2.57. The molecule has 4 amide bonds. The van der Waals surface area contributed by atoms with Crippen molar-refractivity contribution in [2.75, 3.05) is 38.8 Å². The Morgan fingerprint density at radius 1 is 0.635 bits per heavy atom. The van der Waals surface area contributed by atoms with E-state index in [2.05, 4.69) is 83.9 Å². The molecule has 12 atom stereocenters. The fourth-order valence-electron chi connectivity index (χ4n) is 11.8. The zero-order chi connectivity index (χ0) is 51.5. The van der Waals surface area contributed by atoms with Crippen LogP contribution in [0.1, 0.15) is 127 Å². The number of fused-ring (bicyclic) bond motifs is 4. The van der Waals surface area contributed by atoms with Gasteiger partial charge in [-0.05, 0) is 111 Å². The Kier molecular flexibility index (Phi) is 21.4. The first-order valence-electron chi connectivity index (χ1n) is 26.3. The highest BCUT2D eigenvalue weighted by molar-refractivity contribution is 8.00. The summed E-state index contributed by atoms with van der Waals surface area (Å²) in [5, 5.41) is 19.6. The number of rotatable bonds is 19. The average molecular weight is 1140 g/mol. The molecule has 4 heterocycles. The number of carbonyl (C=O) groups is 4. The number of thioether (sulfide) groups is 2. The van der Waals surface area contributed by atoms with Crippen molar-refractivity contribution in [3.8, 4) is 0 Å². The first-order valence-corrected chi connectivity index (χ1v) is 29.2. The molecular formula is C54H80Cl2N8O6S4. The number of thiocarbonyl (C=S) groups is 2. The van der Waals surface area contributed by atoms with E-state index in [9.17, 15) is 19.2 Å². The lowest BCUT2D eigenvalue weighted by Crippen LogP contribution is -2.58. The highest BCUT2D eigenvalue weighted by atomic mass is 35.5. The maximum Gasteiger partial charge on any atom is 0.246 e. The third-order valence-electron chi connectivity index (χ3n) is 16.0. The van der Waals surface area contributed by atoms with Crippen molar-refractivity contribution in [1.82, 2.24) is 41.7 Å². The number of ether oxygens (including phenoxy) is 2. The Morgan fingerprint density at radius 3 is 1.39 bits per heavy atom. The zero-order valence-electron chi connectivity index (χ0n) is 44.2. The molecule has 6 aliphatic rings. The van der Waals surface area contributed by atoms with Crippen LogP contribution in [0.4, 0.5) is 0 Å². The van der Waals surface area contributed by atoms with E-state index < -0.39 is 35.0 Å². The van der Waals surface area contributed by atoms with Gasteiger partial charge in [-0.15, -0.1) is 48.3 Å². The van der Waals surface area contributed by atoms with Crippen molar-refractivity contribution in [1.29, 1.82) is 0 Å². The Labute approximate surface area is 471 Å². The summed E-state index contributed by atoms with van der Waals surface area (Å²) in [6, 6.07) is 13.4. The monoisotopic (exact) mass is 1130 g/mol. The second kappa shape index (κ2) is 26.2. The predicted octanol–water partition coefficient (Wildman–Crippen LogP) is 6.96. The summed E-state index contributed by atoms with van der Waals surface area (Å²) in [6.45, 7) is 13.5. The Hall–Kier alpha value is -2.78. The quantitative estimate of drug-likeness (QED) is 0.0632. The largest absolute Gasteiger partial charge is 0.375 e. The van der Waals surface area contributed by atoms with E-state index in [4.69, 9.17) is 33.9 Å². The van der Waals surface area contributed by atoms with Crippen LogP contribution in [0, 0.1) is 10.8 Å². The summed E-state index contributed by atoms with van der Waals surface area (Å²) >= 11 is 14.8. The molecule has 0 radical (unpaired) electrons. The van der Waals surface area contributed by atoms with Crippen LogP contribution < -0.4 is 31.9 Å². The first kappa shape index (κ1) is 60.4. The third kappa shape index (κ3) is 13.2. The van der Waals surface area contributed by atoms with Crippen molar-refractivity contribution in [3.05, 3.63) is 70.8 Å². The normalized spacial score (nSPS) is 29.2. The van der Waals surface area contributed by atoms with Crippen LogP contribution in [0.2, 0.25) is 0 Å². The van der Waals surface area contributed by atoms with Crippen LogP contribution in [0.5, 0.6) is 0 Å². The lowest BCUT2D eigenvalue weighted by molar-refractivity contribution is -0.143. The van der Waals surface area contributed by atoms with Gasteiger partial charge in [0.25, 0.3) is 0 Å². The minimum absolute atomic E-state index is 0. The number of likely N-dealkylation sites (N-methyl/N-ethyl adjacent to an activating group) is 2. The van der Waals surface area contributed by atoms with Crippen LogP contribution in [0.15, 0.2) is 48.5 Å². The summed E-state index contributed by atoms with van der Waals surface area (Å²) < 4.78 is 13.3. The molecule has 4 aliphatic heterocycles. The Bertz CT molecular complexity index is 2180. The van der Waals surface area contributed by atoms with Crippen LogP contribution >= 0.6 is 72.8 Å². The van der Waals surface area contributed by atoms with Gasteiger partial charge in [0.15, 0.2) is 0 Å². The summed E-state index contributed by atoms with van der Waals surface area (Å²) in [5.74, 6) is 1.18. The molecule has 410 valence electrons. The topological polar surface area (TPSA) is 165 Å². The molecule has 0 spiro atoms. The molecular weight excluding hydrogens is 1060 g/mol. The minimum Gasteiger partial charge on any atom is -0.375 e. The number of unbranched alkanes of at least 4 members (excludes halogenated alkanes) is 3. The maximum atomic E-state index is 14.6. The van der Waals surface area contributed by atoms with Gasteiger partial charge in [-0.2, -0.15) is 0 Å². The van der Waals surface area contributed by atoms with Crippen molar-refractivity contribution in [3.63, 3.8) is 0 Å². The molecule has 0 saturated carbocycles. The van der Waals surface area contributed by atoms with Crippen molar-refractivity contribution in [2.45, 2.75) is 177 Å². The number of halogens is 2. The van der Waals surface area contributed by atoms with Gasteiger partial charge in [-0.1, -0.05) is 114 Å². The van der Waals surface area contributed by atoms with Gasteiger partial charge in [0.2, 0.25) is 23.6 Å². The van der Waals surface area contributed by atoms with Gasteiger partial charge >= 0.3 is 0 Å². The molecule has 0 unspecified atom stereocenters. The first-order chi connectivity index (χ1) is 34.4. The van der Waals surface area contributed by atoms with Gasteiger partial charge in [0.1, 0.15) is 24.2 Å². The number of hydrogen-bond donors (Lipinski definition) is 6. The van der Waals surface area contributed by atoms with E-state index in [0.717, 1.165) is 61.2 Å². The second-order valence-electron chi connectivity index (χ2n) is 22.1. The molecule has 6 N–H and O–H groups in total. The van der Waals surface area contributed by atoms with Crippen LogP contribution in [-0.4, -0.2) is 141 Å². The molecule has 8 rings (SSSR count). The molecule has 4 fully saturated rings. The lowest BCUT2D eigenvalue weighted by Gasteiger charge is -2.35. The van der Waals surface area contributed by atoms with E-state index in [1.165, 1.54) is 11.1 Å². The molecule has 2 aromatic carbocycles. The smallest absolute Gasteiger partial charge is 0.246 e. The summed E-state index contributed by atoms with van der Waals surface area (Å²) in [6.07, 6.45) is 7.35. The predicted molar refractivity (Wildman–Crippen MR) is 310 cm³/mol. The molecule has 0 aromatic heterocycles. The Morgan fingerprint density at radius 2 is 1.01 bits per heavy atom. The number of amides is 4. The summed E-state index contributed by atoms with van der Waals surface area (Å²) in [4.78, 5) is 62.8. The molecule has 14 nitrogen and oxygen atoms in total. The fourth-order valence-corrected chi connectivity index (χ4v) is 15.5. The maximum absolute atomic E-state index is 14.6. The van der Waals surface area contributed by atoms with E-state index in [1.54, 1.807) is 23.5 Å². The number of nitrogens with one attached hydrogen (secondary N) is 6. The molecule has 0 bridgehead atoms. The molecule has 20 heteroatoms. The average Bonchev–Trinajstić information content (AvgIpc) is 3.99. The SMILES string of the molecule is CN[C@@H](C)C(=S)N[C@H]1CCS[C@H]2CC(C)(C)[C@@H](C(=O)N[C@H]3c4ccccc4C[C@H]3OCCCCCCO[C@@H]3Cc4ccccc4[C@@H]3NC(=O)[C@H]3N4C(=O)[C@@H](NC(=S)[C@H](C)NC)CCS[C@H]4CC3(C)C)N2C1=O.Cl.Cl. The third-order valence-corrected chi connectivity index (χ3v) is 19.5. The van der Waals surface area contributed by atoms with Gasteiger partial charge in [-0.25, -0.2) is 0 Å². The van der Waals surface area contributed by atoms with E-state index in [-0.39, 0.29) is 95.6 Å². The summed E-state index contributed by atoms with van der Waals surface area (Å²) in [5.41, 5.74) is 3.61. The highest BCUT2D eigenvalue weighted by Crippen LogP contribution is 2.48. The van der Waals surface area contributed by atoms with Crippen molar-refractivity contribution in [2.24, 2.45) is 10.8 Å².